The van der Waals surface area contributed by atoms with Gasteiger partial charge in [0.25, 0.3) is 0 Å². The smallest absolute Gasteiger partial charge is 0.224 e. The fourth-order valence-electron chi connectivity index (χ4n) is 2.98. The molecule has 1 saturated heterocycles. The number of carbonyl (C=O) groups excluding carboxylic acids is 1. The van der Waals surface area contributed by atoms with Gasteiger partial charge in [-0.3, -0.25) is 4.79 Å². The van der Waals surface area contributed by atoms with E-state index in [1.165, 1.54) is 0 Å². The molecule has 0 aliphatic carbocycles. The van der Waals surface area contributed by atoms with Crippen molar-refractivity contribution in [2.24, 2.45) is 5.92 Å². The van der Waals surface area contributed by atoms with E-state index in [1.54, 1.807) is 0 Å². The first-order valence-corrected chi connectivity index (χ1v) is 9.95. The average molecular weight is 343 g/mol. The van der Waals surface area contributed by atoms with Crippen LogP contribution in [0.25, 0.3) is 11.1 Å². The number of hydrogen-bond donors (Lipinski definition) is 1. The Kier molecular flexibility index (Phi) is 5.00. The first-order valence-electron chi connectivity index (χ1n) is 8.13. The molecule has 1 amide bonds. The summed E-state index contributed by atoms with van der Waals surface area (Å²) in [6.07, 6.45) is 0.961. The van der Waals surface area contributed by atoms with Crippen molar-refractivity contribution in [1.29, 1.82) is 0 Å². The number of hydrogen-bond acceptors (Lipinski definition) is 3. The van der Waals surface area contributed by atoms with Crippen LogP contribution in [0.4, 0.5) is 0 Å². The fourth-order valence-corrected chi connectivity index (χ4v) is 4.85. The van der Waals surface area contributed by atoms with Crippen LogP contribution in [0.15, 0.2) is 54.6 Å². The van der Waals surface area contributed by atoms with Crippen LogP contribution >= 0.6 is 0 Å². The lowest BCUT2D eigenvalue weighted by atomic mass is 10.0. The van der Waals surface area contributed by atoms with E-state index in [4.69, 9.17) is 0 Å². The lowest BCUT2D eigenvalue weighted by molar-refractivity contribution is -0.120. The van der Waals surface area contributed by atoms with Crippen molar-refractivity contribution in [1.82, 2.24) is 5.32 Å². The van der Waals surface area contributed by atoms with Crippen molar-refractivity contribution in [2.75, 3.05) is 18.1 Å². The minimum Gasteiger partial charge on any atom is -0.356 e. The average Bonchev–Trinajstić information content (AvgIpc) is 2.94. The second-order valence-corrected chi connectivity index (χ2v) is 8.54. The molecule has 1 atom stereocenters. The van der Waals surface area contributed by atoms with Gasteiger partial charge in [-0.25, -0.2) is 8.42 Å². The van der Waals surface area contributed by atoms with Crippen molar-refractivity contribution in [3.63, 3.8) is 0 Å². The van der Waals surface area contributed by atoms with Gasteiger partial charge in [0.1, 0.15) is 0 Å². The van der Waals surface area contributed by atoms with Gasteiger partial charge in [-0.15, -0.1) is 0 Å². The van der Waals surface area contributed by atoms with Crippen LogP contribution in [0.5, 0.6) is 0 Å². The highest BCUT2D eigenvalue weighted by Crippen LogP contribution is 2.20. The Morgan fingerprint density at radius 3 is 2.29 bits per heavy atom. The zero-order chi connectivity index (χ0) is 17.0. The third-order valence-corrected chi connectivity index (χ3v) is 6.18. The van der Waals surface area contributed by atoms with Crippen LogP contribution in [0.2, 0.25) is 0 Å². The van der Waals surface area contributed by atoms with E-state index in [9.17, 15) is 13.2 Å². The quantitative estimate of drug-likeness (QED) is 0.907. The largest absolute Gasteiger partial charge is 0.356 e. The van der Waals surface area contributed by atoms with Gasteiger partial charge >= 0.3 is 0 Å². The molecule has 24 heavy (non-hydrogen) atoms. The molecule has 1 aliphatic rings. The van der Waals surface area contributed by atoms with E-state index >= 15 is 0 Å². The molecular weight excluding hydrogens is 322 g/mol. The van der Waals surface area contributed by atoms with Crippen LogP contribution in [0, 0.1) is 5.92 Å². The molecule has 0 spiro atoms. The van der Waals surface area contributed by atoms with Gasteiger partial charge in [0.15, 0.2) is 9.84 Å². The van der Waals surface area contributed by atoms with Crippen LogP contribution in [0.1, 0.15) is 12.0 Å². The zero-order valence-corrected chi connectivity index (χ0v) is 14.3. The monoisotopic (exact) mass is 343 g/mol. The molecular formula is C19H21NO3S. The molecule has 1 fully saturated rings. The Morgan fingerprint density at radius 2 is 1.67 bits per heavy atom. The third-order valence-electron chi connectivity index (χ3n) is 4.34. The molecule has 0 aromatic heterocycles. The summed E-state index contributed by atoms with van der Waals surface area (Å²) in [4.78, 5) is 12.0. The summed E-state index contributed by atoms with van der Waals surface area (Å²) in [5.74, 6) is 0.430. The highest BCUT2D eigenvalue weighted by atomic mass is 32.2. The third kappa shape index (κ3) is 4.45. The topological polar surface area (TPSA) is 63.2 Å². The van der Waals surface area contributed by atoms with Gasteiger partial charge in [0, 0.05) is 6.54 Å². The Balaban J connectivity index is 1.51. The molecule has 1 unspecified atom stereocenters. The number of benzene rings is 2. The van der Waals surface area contributed by atoms with Gasteiger partial charge in [-0.1, -0.05) is 54.6 Å². The van der Waals surface area contributed by atoms with E-state index in [0.717, 1.165) is 16.7 Å². The SMILES string of the molecule is O=C(Cc1ccc(-c2ccccc2)cc1)NCC1CCS(=O)(=O)C1. The molecule has 0 radical (unpaired) electrons. The summed E-state index contributed by atoms with van der Waals surface area (Å²) in [7, 11) is -2.88. The van der Waals surface area contributed by atoms with Crippen molar-refractivity contribution >= 4 is 15.7 Å². The van der Waals surface area contributed by atoms with E-state index in [0.29, 0.717) is 19.4 Å². The minimum absolute atomic E-state index is 0.0550. The van der Waals surface area contributed by atoms with Crippen LogP contribution in [-0.4, -0.2) is 32.4 Å². The molecule has 3 rings (SSSR count). The van der Waals surface area contributed by atoms with E-state index < -0.39 is 9.84 Å². The number of amides is 1. The summed E-state index contributed by atoms with van der Waals surface area (Å²) < 4.78 is 22.8. The Hall–Kier alpha value is -2.14. The summed E-state index contributed by atoms with van der Waals surface area (Å²) in [6, 6.07) is 18.0. The van der Waals surface area contributed by atoms with Gasteiger partial charge in [0.05, 0.1) is 17.9 Å². The molecule has 1 heterocycles. The van der Waals surface area contributed by atoms with Gasteiger partial charge in [-0.05, 0) is 29.0 Å². The van der Waals surface area contributed by atoms with Crippen LogP contribution in [-0.2, 0) is 21.1 Å². The maximum absolute atomic E-state index is 12.0. The van der Waals surface area contributed by atoms with Crippen LogP contribution < -0.4 is 5.32 Å². The van der Waals surface area contributed by atoms with Crippen LogP contribution in [0.3, 0.4) is 0 Å². The standard InChI is InChI=1S/C19H21NO3S/c21-19(20-13-16-10-11-24(22,23)14-16)12-15-6-8-18(9-7-15)17-4-2-1-3-5-17/h1-9,16H,10-14H2,(H,20,21). The zero-order valence-electron chi connectivity index (χ0n) is 13.4. The molecule has 4 nitrogen and oxygen atoms in total. The number of sulfone groups is 1. The van der Waals surface area contributed by atoms with E-state index in [2.05, 4.69) is 17.4 Å². The highest BCUT2D eigenvalue weighted by molar-refractivity contribution is 7.91. The van der Waals surface area contributed by atoms with Gasteiger partial charge in [-0.2, -0.15) is 0 Å². The van der Waals surface area contributed by atoms with E-state index in [-0.39, 0.29) is 23.3 Å². The fraction of sp³-hybridized carbons (Fsp3) is 0.316. The molecule has 0 saturated carbocycles. The lowest BCUT2D eigenvalue weighted by Gasteiger charge is -2.10. The first kappa shape index (κ1) is 16.7. The maximum Gasteiger partial charge on any atom is 0.224 e. The summed E-state index contributed by atoms with van der Waals surface area (Å²) in [5, 5.41) is 2.85. The number of rotatable bonds is 5. The second kappa shape index (κ2) is 7.18. The van der Waals surface area contributed by atoms with Crippen molar-refractivity contribution in [2.45, 2.75) is 12.8 Å². The highest BCUT2D eigenvalue weighted by Gasteiger charge is 2.27. The summed E-state index contributed by atoms with van der Waals surface area (Å²) in [6.45, 7) is 0.445. The Labute approximate surface area is 142 Å². The molecule has 1 N–H and O–H groups in total. The van der Waals surface area contributed by atoms with Crippen molar-refractivity contribution in [3.8, 4) is 11.1 Å². The maximum atomic E-state index is 12.0. The first-order chi connectivity index (χ1) is 11.5. The lowest BCUT2D eigenvalue weighted by Crippen LogP contribution is -2.30. The summed E-state index contributed by atoms with van der Waals surface area (Å²) >= 11 is 0. The molecule has 2 aromatic rings. The molecule has 126 valence electrons. The molecule has 0 bridgehead atoms. The number of carbonyl (C=O) groups is 1. The van der Waals surface area contributed by atoms with E-state index in [1.807, 2.05) is 42.5 Å². The molecule has 2 aromatic carbocycles. The molecule has 1 aliphatic heterocycles. The van der Waals surface area contributed by atoms with Gasteiger partial charge in [0.2, 0.25) is 5.91 Å². The molecule has 5 heteroatoms. The predicted octanol–water partition coefficient (Wildman–Crippen LogP) is 2.45. The Morgan fingerprint density at radius 1 is 1.00 bits per heavy atom. The number of nitrogens with one attached hydrogen (secondary N) is 1. The normalized spacial score (nSPS) is 19.1. The van der Waals surface area contributed by atoms with Crippen molar-refractivity contribution < 1.29 is 13.2 Å². The van der Waals surface area contributed by atoms with Gasteiger partial charge < -0.3 is 5.32 Å². The van der Waals surface area contributed by atoms with Crippen molar-refractivity contribution in [3.05, 3.63) is 60.2 Å². The minimum atomic E-state index is -2.88. The Bertz CT molecular complexity index is 798. The second-order valence-electron chi connectivity index (χ2n) is 6.31. The predicted molar refractivity (Wildman–Crippen MR) is 95.4 cm³/mol. The summed E-state index contributed by atoms with van der Waals surface area (Å²) in [5.41, 5.74) is 3.22.